The zero-order chi connectivity index (χ0) is 20.6. The molecule has 1 heterocycles. The molecule has 0 radical (unpaired) electrons. The van der Waals surface area contributed by atoms with E-state index in [0.29, 0.717) is 29.6 Å². The van der Waals surface area contributed by atoms with E-state index in [1.54, 1.807) is 32.4 Å². The Balaban J connectivity index is 1.78. The molecule has 3 rings (SSSR count). The molecule has 154 valence electrons. The number of benzene rings is 2. The molecule has 1 amide bonds. The van der Waals surface area contributed by atoms with Crippen LogP contribution in [0, 0.1) is 0 Å². The van der Waals surface area contributed by atoms with Crippen LogP contribution < -0.4 is 20.1 Å². The molecule has 1 saturated heterocycles. The van der Waals surface area contributed by atoms with E-state index in [2.05, 4.69) is 31.6 Å². The van der Waals surface area contributed by atoms with Crippen LogP contribution in [0.1, 0.15) is 23.2 Å². The first-order valence-corrected chi connectivity index (χ1v) is 10.1. The second-order valence-electron chi connectivity index (χ2n) is 6.51. The average Bonchev–Trinajstić information content (AvgIpc) is 3.26. The normalized spacial score (nSPS) is 16.4. The van der Waals surface area contributed by atoms with Crippen LogP contribution >= 0.6 is 15.9 Å². The lowest BCUT2D eigenvalue weighted by Gasteiger charge is -2.14. The lowest BCUT2D eigenvalue weighted by atomic mass is 10.2. The van der Waals surface area contributed by atoms with E-state index in [4.69, 9.17) is 14.2 Å². The number of rotatable bonds is 6. The van der Waals surface area contributed by atoms with E-state index in [-0.39, 0.29) is 12.0 Å². The van der Waals surface area contributed by atoms with Crippen LogP contribution in [0.2, 0.25) is 0 Å². The van der Waals surface area contributed by atoms with Gasteiger partial charge in [0, 0.05) is 28.4 Å². The van der Waals surface area contributed by atoms with Crippen molar-refractivity contribution in [2.45, 2.75) is 18.9 Å². The van der Waals surface area contributed by atoms with E-state index < -0.39 is 0 Å². The minimum atomic E-state index is -0.321. The van der Waals surface area contributed by atoms with E-state index >= 15 is 0 Å². The third-order valence-corrected chi connectivity index (χ3v) is 4.96. The maximum Gasteiger partial charge on any atom is 0.258 e. The quantitative estimate of drug-likeness (QED) is 0.504. The largest absolute Gasteiger partial charge is 0.497 e. The van der Waals surface area contributed by atoms with Gasteiger partial charge in [-0.15, -0.1) is 0 Å². The molecular weight excluding hydrogens is 438 g/mol. The lowest BCUT2D eigenvalue weighted by Crippen LogP contribution is -2.36. The molecule has 0 aromatic heterocycles. The van der Waals surface area contributed by atoms with Crippen molar-refractivity contribution in [1.29, 1.82) is 0 Å². The first-order valence-electron chi connectivity index (χ1n) is 9.30. The first kappa shape index (κ1) is 21.1. The second kappa shape index (κ2) is 10.3. The number of carbonyl (C=O) groups excluding carboxylic acids is 1. The van der Waals surface area contributed by atoms with Crippen LogP contribution in [0.4, 0.5) is 5.69 Å². The fourth-order valence-electron chi connectivity index (χ4n) is 2.88. The molecule has 1 unspecified atom stereocenters. The molecule has 0 spiro atoms. The summed E-state index contributed by atoms with van der Waals surface area (Å²) in [5, 5.41) is 6.01. The number of anilines is 1. The highest BCUT2D eigenvalue weighted by molar-refractivity contribution is 9.10. The van der Waals surface area contributed by atoms with Gasteiger partial charge in [0.2, 0.25) is 5.96 Å². The number of nitrogens with zero attached hydrogens (tertiary/aromatic N) is 1. The number of halogens is 1. The number of methoxy groups -OCH3 is 2. The molecule has 2 N–H and O–H groups in total. The summed E-state index contributed by atoms with van der Waals surface area (Å²) < 4.78 is 17.1. The average molecular weight is 462 g/mol. The molecule has 7 nitrogen and oxygen atoms in total. The Morgan fingerprint density at radius 3 is 2.45 bits per heavy atom. The van der Waals surface area contributed by atoms with Crippen molar-refractivity contribution in [2.75, 3.05) is 32.7 Å². The van der Waals surface area contributed by atoms with Gasteiger partial charge in [-0.05, 0) is 49.2 Å². The number of ether oxygens (including phenoxy) is 3. The third kappa shape index (κ3) is 6.20. The Morgan fingerprint density at radius 2 is 1.86 bits per heavy atom. The summed E-state index contributed by atoms with van der Waals surface area (Å²) in [5.74, 6) is 1.11. The Kier molecular flexibility index (Phi) is 7.48. The van der Waals surface area contributed by atoms with Gasteiger partial charge in [-0.3, -0.25) is 10.1 Å². The fourth-order valence-corrected chi connectivity index (χ4v) is 3.14. The molecule has 2 aromatic carbocycles. The van der Waals surface area contributed by atoms with Gasteiger partial charge >= 0.3 is 0 Å². The Bertz CT molecular complexity index is 842. The van der Waals surface area contributed by atoms with E-state index in [1.165, 1.54) is 0 Å². The molecule has 1 aliphatic rings. The van der Waals surface area contributed by atoms with Crippen molar-refractivity contribution in [2.24, 2.45) is 4.99 Å². The third-order valence-electron chi connectivity index (χ3n) is 4.43. The number of nitrogens with one attached hydrogen (secondary N) is 2. The van der Waals surface area contributed by atoms with Crippen LogP contribution in [0.25, 0.3) is 0 Å². The zero-order valence-corrected chi connectivity index (χ0v) is 18.0. The number of carbonyl (C=O) groups is 1. The van der Waals surface area contributed by atoms with Gasteiger partial charge in [-0.25, -0.2) is 4.99 Å². The predicted octanol–water partition coefficient (Wildman–Crippen LogP) is 3.84. The Hall–Kier alpha value is -2.58. The van der Waals surface area contributed by atoms with Crippen molar-refractivity contribution in [3.8, 4) is 11.5 Å². The van der Waals surface area contributed by atoms with E-state index in [0.717, 1.165) is 29.6 Å². The monoisotopic (exact) mass is 461 g/mol. The molecule has 1 fully saturated rings. The molecular formula is C21H24BrN3O4. The Morgan fingerprint density at radius 1 is 1.17 bits per heavy atom. The maximum absolute atomic E-state index is 12.9. The highest BCUT2D eigenvalue weighted by Crippen LogP contribution is 2.22. The highest BCUT2D eigenvalue weighted by Gasteiger charge is 2.17. The zero-order valence-electron chi connectivity index (χ0n) is 16.4. The molecule has 0 aliphatic carbocycles. The number of hydrogen-bond donors (Lipinski definition) is 2. The van der Waals surface area contributed by atoms with Crippen molar-refractivity contribution in [3.05, 3.63) is 52.5 Å². The standard InChI is InChI=1S/C21H24BrN3O4/c1-27-18-10-14(11-19(12-18)28-2)20(26)25-21(23-13-17-4-3-9-29-17)24-16-7-5-15(22)6-8-16/h5-8,10-12,17H,3-4,9,13H2,1-2H3,(H2,23,24,25,26). The van der Waals surface area contributed by atoms with Crippen molar-refractivity contribution < 1.29 is 19.0 Å². The molecule has 8 heteroatoms. The van der Waals surface area contributed by atoms with E-state index in [1.807, 2.05) is 24.3 Å². The second-order valence-corrected chi connectivity index (χ2v) is 7.43. The number of aliphatic imine (C=N–C) groups is 1. The van der Waals surface area contributed by atoms with Gasteiger partial charge in [0.05, 0.1) is 26.9 Å². The lowest BCUT2D eigenvalue weighted by molar-refractivity contribution is 0.0975. The molecule has 0 saturated carbocycles. The summed E-state index contributed by atoms with van der Waals surface area (Å²) in [6.07, 6.45) is 2.08. The van der Waals surface area contributed by atoms with Crippen LogP contribution in [0.15, 0.2) is 51.9 Å². The number of guanidine groups is 1. The summed E-state index contributed by atoms with van der Waals surface area (Å²) in [5.41, 5.74) is 1.21. The van der Waals surface area contributed by atoms with E-state index in [9.17, 15) is 4.79 Å². The predicted molar refractivity (Wildman–Crippen MR) is 116 cm³/mol. The fraction of sp³-hybridized carbons (Fsp3) is 0.333. The smallest absolute Gasteiger partial charge is 0.258 e. The molecule has 2 aromatic rings. The van der Waals surface area contributed by atoms with Crippen LogP contribution in [0.5, 0.6) is 11.5 Å². The Labute approximate surface area is 178 Å². The highest BCUT2D eigenvalue weighted by atomic mass is 79.9. The van der Waals surface area contributed by atoms with Crippen molar-refractivity contribution >= 4 is 33.5 Å². The summed E-state index contributed by atoms with van der Waals surface area (Å²) in [4.78, 5) is 17.4. The minimum absolute atomic E-state index is 0.0746. The van der Waals surface area contributed by atoms with Gasteiger partial charge in [-0.2, -0.15) is 0 Å². The maximum atomic E-state index is 12.9. The topological polar surface area (TPSA) is 81.2 Å². The van der Waals surface area contributed by atoms with Crippen molar-refractivity contribution in [1.82, 2.24) is 5.32 Å². The SMILES string of the molecule is COc1cc(OC)cc(C(=O)NC(=NCC2CCCO2)Nc2ccc(Br)cc2)c1. The van der Waals surface area contributed by atoms with Gasteiger partial charge in [0.25, 0.3) is 5.91 Å². The molecule has 1 atom stereocenters. The minimum Gasteiger partial charge on any atom is -0.497 e. The molecule has 29 heavy (non-hydrogen) atoms. The summed E-state index contributed by atoms with van der Waals surface area (Å²) >= 11 is 3.42. The summed E-state index contributed by atoms with van der Waals surface area (Å²) in [6.45, 7) is 1.23. The summed E-state index contributed by atoms with van der Waals surface area (Å²) in [6, 6.07) is 12.6. The van der Waals surface area contributed by atoms with Gasteiger partial charge in [0.15, 0.2) is 0 Å². The first-order chi connectivity index (χ1) is 14.1. The number of hydrogen-bond acceptors (Lipinski definition) is 5. The van der Waals surface area contributed by atoms with Gasteiger partial charge < -0.3 is 19.5 Å². The van der Waals surface area contributed by atoms with Crippen LogP contribution in [0.3, 0.4) is 0 Å². The van der Waals surface area contributed by atoms with Crippen LogP contribution in [-0.2, 0) is 4.74 Å². The molecule has 0 bridgehead atoms. The van der Waals surface area contributed by atoms with Gasteiger partial charge in [0.1, 0.15) is 11.5 Å². The molecule has 1 aliphatic heterocycles. The van der Waals surface area contributed by atoms with Gasteiger partial charge in [-0.1, -0.05) is 15.9 Å². The van der Waals surface area contributed by atoms with Crippen LogP contribution in [-0.4, -0.2) is 45.3 Å². The van der Waals surface area contributed by atoms with Crippen molar-refractivity contribution in [3.63, 3.8) is 0 Å². The number of amides is 1. The summed E-state index contributed by atoms with van der Waals surface area (Å²) in [7, 11) is 3.08.